The molecule has 1 aromatic heterocycles. The largest absolute Gasteiger partial charge is 0.306 e. The van der Waals surface area contributed by atoms with Gasteiger partial charge in [-0.3, -0.25) is 0 Å². The standard InChI is InChI=1S/C16H27NS/c1-11(2)16(15-6-5-7-18-15)17-14-9-12(3)8-13(4)10-14/h5-7,11-14,16-17H,8-10H2,1-4H3. The second-order valence-corrected chi connectivity index (χ2v) is 7.50. The Morgan fingerprint density at radius 1 is 1.17 bits per heavy atom. The molecule has 1 aliphatic carbocycles. The van der Waals surface area contributed by atoms with E-state index in [0.717, 1.165) is 11.8 Å². The van der Waals surface area contributed by atoms with Gasteiger partial charge in [-0.2, -0.15) is 0 Å². The summed E-state index contributed by atoms with van der Waals surface area (Å²) in [7, 11) is 0. The van der Waals surface area contributed by atoms with Crippen LogP contribution in [0.5, 0.6) is 0 Å². The number of thiophene rings is 1. The van der Waals surface area contributed by atoms with E-state index in [4.69, 9.17) is 0 Å². The topological polar surface area (TPSA) is 12.0 Å². The van der Waals surface area contributed by atoms with E-state index in [1.165, 1.54) is 24.1 Å². The molecular weight excluding hydrogens is 238 g/mol. The van der Waals surface area contributed by atoms with Crippen LogP contribution in [0.25, 0.3) is 0 Å². The minimum absolute atomic E-state index is 0.535. The zero-order valence-corrected chi connectivity index (χ0v) is 13.0. The molecule has 0 spiro atoms. The molecule has 1 N–H and O–H groups in total. The minimum atomic E-state index is 0.535. The molecule has 102 valence electrons. The lowest BCUT2D eigenvalue weighted by Crippen LogP contribution is -2.40. The highest BCUT2D eigenvalue weighted by atomic mass is 32.1. The van der Waals surface area contributed by atoms with Crippen LogP contribution >= 0.6 is 11.3 Å². The molecule has 0 aromatic carbocycles. The molecule has 0 saturated heterocycles. The van der Waals surface area contributed by atoms with Gasteiger partial charge in [0.15, 0.2) is 0 Å². The SMILES string of the molecule is CC1CC(C)CC(NC(c2cccs2)C(C)C)C1. The molecule has 1 fully saturated rings. The Balaban J connectivity index is 2.01. The third kappa shape index (κ3) is 3.58. The average Bonchev–Trinajstić information content (AvgIpc) is 2.77. The molecule has 3 atom stereocenters. The molecule has 0 bridgehead atoms. The van der Waals surface area contributed by atoms with Gasteiger partial charge in [0.1, 0.15) is 0 Å². The molecule has 18 heavy (non-hydrogen) atoms. The van der Waals surface area contributed by atoms with Crippen molar-refractivity contribution in [1.29, 1.82) is 0 Å². The van der Waals surface area contributed by atoms with E-state index in [2.05, 4.69) is 50.5 Å². The Hall–Kier alpha value is -0.340. The van der Waals surface area contributed by atoms with E-state index in [1.54, 1.807) is 0 Å². The van der Waals surface area contributed by atoms with Gasteiger partial charge in [0.05, 0.1) is 0 Å². The van der Waals surface area contributed by atoms with Crippen molar-refractivity contribution in [3.8, 4) is 0 Å². The van der Waals surface area contributed by atoms with Crippen molar-refractivity contribution in [3.05, 3.63) is 22.4 Å². The van der Waals surface area contributed by atoms with Crippen LogP contribution in [-0.2, 0) is 0 Å². The van der Waals surface area contributed by atoms with E-state index in [9.17, 15) is 0 Å². The zero-order valence-electron chi connectivity index (χ0n) is 12.1. The second kappa shape index (κ2) is 6.21. The summed E-state index contributed by atoms with van der Waals surface area (Å²) in [5.41, 5.74) is 0. The maximum Gasteiger partial charge on any atom is 0.0440 e. The Bertz CT molecular complexity index is 334. The first-order valence-corrected chi connectivity index (χ1v) is 8.23. The first kappa shape index (κ1) is 14.1. The average molecular weight is 265 g/mol. The van der Waals surface area contributed by atoms with Gasteiger partial charge in [-0.1, -0.05) is 33.8 Å². The summed E-state index contributed by atoms with van der Waals surface area (Å²) in [6.07, 6.45) is 4.10. The van der Waals surface area contributed by atoms with Crippen LogP contribution in [0, 0.1) is 17.8 Å². The van der Waals surface area contributed by atoms with E-state index in [1.807, 2.05) is 11.3 Å². The van der Waals surface area contributed by atoms with Gasteiger partial charge >= 0.3 is 0 Å². The fraction of sp³-hybridized carbons (Fsp3) is 0.750. The van der Waals surface area contributed by atoms with Crippen LogP contribution < -0.4 is 5.32 Å². The lowest BCUT2D eigenvalue weighted by molar-refractivity contribution is 0.214. The van der Waals surface area contributed by atoms with Crippen molar-refractivity contribution in [3.63, 3.8) is 0 Å². The molecule has 0 aliphatic heterocycles. The first-order valence-electron chi connectivity index (χ1n) is 7.35. The molecule has 1 saturated carbocycles. The fourth-order valence-electron chi connectivity index (χ4n) is 3.41. The molecule has 1 aromatic rings. The lowest BCUT2D eigenvalue weighted by Gasteiger charge is -2.35. The maximum atomic E-state index is 3.93. The molecule has 1 nitrogen and oxygen atoms in total. The van der Waals surface area contributed by atoms with Gasteiger partial charge in [0.25, 0.3) is 0 Å². The van der Waals surface area contributed by atoms with E-state index in [0.29, 0.717) is 18.0 Å². The Kier molecular flexibility index (Phi) is 4.85. The van der Waals surface area contributed by atoms with Crippen molar-refractivity contribution < 1.29 is 0 Å². The molecule has 0 radical (unpaired) electrons. The molecule has 2 rings (SSSR count). The Morgan fingerprint density at radius 2 is 1.83 bits per heavy atom. The molecular formula is C16H27NS. The summed E-state index contributed by atoms with van der Waals surface area (Å²) in [5.74, 6) is 2.42. The van der Waals surface area contributed by atoms with Gasteiger partial charge in [-0.25, -0.2) is 0 Å². The van der Waals surface area contributed by atoms with Crippen LogP contribution in [0.15, 0.2) is 17.5 Å². The summed E-state index contributed by atoms with van der Waals surface area (Å²) >= 11 is 1.89. The van der Waals surface area contributed by atoms with Crippen molar-refractivity contribution in [2.24, 2.45) is 17.8 Å². The minimum Gasteiger partial charge on any atom is -0.306 e. The number of rotatable bonds is 4. The van der Waals surface area contributed by atoms with E-state index >= 15 is 0 Å². The van der Waals surface area contributed by atoms with Crippen LogP contribution in [-0.4, -0.2) is 6.04 Å². The van der Waals surface area contributed by atoms with Gasteiger partial charge in [-0.05, 0) is 48.5 Å². The van der Waals surface area contributed by atoms with Crippen LogP contribution in [0.2, 0.25) is 0 Å². The molecule has 3 unspecified atom stereocenters. The lowest BCUT2D eigenvalue weighted by atomic mass is 9.80. The van der Waals surface area contributed by atoms with Crippen molar-refractivity contribution in [2.45, 2.75) is 59.0 Å². The van der Waals surface area contributed by atoms with Gasteiger partial charge < -0.3 is 5.32 Å². The smallest absolute Gasteiger partial charge is 0.0440 e. The highest BCUT2D eigenvalue weighted by molar-refractivity contribution is 7.10. The molecule has 0 amide bonds. The van der Waals surface area contributed by atoms with Crippen molar-refractivity contribution in [1.82, 2.24) is 5.32 Å². The van der Waals surface area contributed by atoms with Crippen LogP contribution in [0.1, 0.15) is 57.9 Å². The summed E-state index contributed by atoms with van der Waals surface area (Å²) in [4.78, 5) is 1.50. The number of hydrogen-bond acceptors (Lipinski definition) is 2. The quantitative estimate of drug-likeness (QED) is 0.820. The number of nitrogens with one attached hydrogen (secondary N) is 1. The van der Waals surface area contributed by atoms with Gasteiger partial charge in [0.2, 0.25) is 0 Å². The summed E-state index contributed by atoms with van der Waals surface area (Å²) in [5, 5.41) is 6.12. The van der Waals surface area contributed by atoms with E-state index in [-0.39, 0.29) is 0 Å². The molecule has 1 heterocycles. The molecule has 2 heteroatoms. The predicted molar refractivity (Wildman–Crippen MR) is 81.0 cm³/mol. The maximum absolute atomic E-state index is 3.93. The first-order chi connectivity index (χ1) is 8.56. The molecule has 1 aliphatic rings. The second-order valence-electron chi connectivity index (χ2n) is 6.52. The highest BCUT2D eigenvalue weighted by Gasteiger charge is 2.27. The predicted octanol–water partition coefficient (Wildman–Crippen LogP) is 4.86. The van der Waals surface area contributed by atoms with Crippen LogP contribution in [0.4, 0.5) is 0 Å². The fourth-order valence-corrected chi connectivity index (χ4v) is 4.37. The van der Waals surface area contributed by atoms with Crippen LogP contribution in [0.3, 0.4) is 0 Å². The summed E-state index contributed by atoms with van der Waals surface area (Å²) < 4.78 is 0. The third-order valence-corrected chi connectivity index (χ3v) is 5.07. The normalized spacial score (nSPS) is 30.6. The zero-order chi connectivity index (χ0) is 13.1. The number of hydrogen-bond donors (Lipinski definition) is 1. The highest BCUT2D eigenvalue weighted by Crippen LogP contribution is 2.32. The summed E-state index contributed by atoms with van der Waals surface area (Å²) in [6, 6.07) is 5.69. The third-order valence-electron chi connectivity index (χ3n) is 4.11. The van der Waals surface area contributed by atoms with E-state index < -0.39 is 0 Å². The Labute approximate surface area is 116 Å². The van der Waals surface area contributed by atoms with Crippen molar-refractivity contribution in [2.75, 3.05) is 0 Å². The Morgan fingerprint density at radius 3 is 2.33 bits per heavy atom. The van der Waals surface area contributed by atoms with Crippen molar-refractivity contribution >= 4 is 11.3 Å². The summed E-state index contributed by atoms with van der Waals surface area (Å²) in [6.45, 7) is 9.46. The van der Waals surface area contributed by atoms with Gasteiger partial charge in [0, 0.05) is 17.0 Å². The monoisotopic (exact) mass is 265 g/mol. The van der Waals surface area contributed by atoms with Gasteiger partial charge in [-0.15, -0.1) is 11.3 Å².